The summed E-state index contributed by atoms with van der Waals surface area (Å²) in [6.07, 6.45) is 0.748. The maximum atomic E-state index is 10.9. The molecule has 106 valence electrons. The van der Waals surface area contributed by atoms with Gasteiger partial charge in [0.2, 0.25) is 0 Å². The summed E-state index contributed by atoms with van der Waals surface area (Å²) in [5.74, 6) is 1.15. The quantitative estimate of drug-likeness (QED) is 0.318. The zero-order chi connectivity index (χ0) is 14.3. The van der Waals surface area contributed by atoms with Crippen molar-refractivity contribution in [3.8, 4) is 11.5 Å². The van der Waals surface area contributed by atoms with Crippen molar-refractivity contribution < 1.29 is 19.0 Å². The van der Waals surface area contributed by atoms with Gasteiger partial charge in [0.25, 0.3) is 0 Å². The van der Waals surface area contributed by atoms with Gasteiger partial charge < -0.3 is 14.2 Å². The summed E-state index contributed by atoms with van der Waals surface area (Å²) >= 11 is 0. The molecule has 0 fully saturated rings. The normalized spacial score (nSPS) is 11.2. The van der Waals surface area contributed by atoms with E-state index in [1.165, 1.54) is 7.11 Å². The van der Waals surface area contributed by atoms with Crippen LogP contribution in [0.5, 0.6) is 11.5 Å². The molecule has 1 aromatic carbocycles. The minimum atomic E-state index is -1.06. The van der Waals surface area contributed by atoms with Crippen molar-refractivity contribution in [3.63, 3.8) is 0 Å². The standard InChI is InChI=1S/C14H22O4Si/c1-16-14-6-5-13(9-12(14)10-15)18-11-17-7-8-19(2,3)4/h5-6,9-10H,7-8,11H2,1-4H3. The number of benzene rings is 1. The summed E-state index contributed by atoms with van der Waals surface area (Å²) in [6.45, 7) is 7.83. The van der Waals surface area contributed by atoms with Crippen molar-refractivity contribution in [2.75, 3.05) is 20.5 Å². The van der Waals surface area contributed by atoms with Crippen LogP contribution in [0.15, 0.2) is 18.2 Å². The van der Waals surface area contributed by atoms with Crippen LogP contribution in [0.3, 0.4) is 0 Å². The fraction of sp³-hybridized carbons (Fsp3) is 0.500. The van der Waals surface area contributed by atoms with E-state index in [-0.39, 0.29) is 6.79 Å². The van der Waals surface area contributed by atoms with Gasteiger partial charge in [-0.15, -0.1) is 0 Å². The number of methoxy groups -OCH3 is 1. The summed E-state index contributed by atoms with van der Waals surface area (Å²) in [7, 11) is 0.473. The Labute approximate surface area is 115 Å². The number of hydrogen-bond donors (Lipinski definition) is 0. The van der Waals surface area contributed by atoms with Crippen LogP contribution < -0.4 is 9.47 Å². The van der Waals surface area contributed by atoms with Crippen LogP contribution in [0, 0.1) is 0 Å². The molecule has 1 aromatic rings. The van der Waals surface area contributed by atoms with Gasteiger partial charge in [-0.2, -0.15) is 0 Å². The molecule has 4 nitrogen and oxygen atoms in total. The number of carbonyl (C=O) groups excluding carboxylic acids is 1. The van der Waals surface area contributed by atoms with Gasteiger partial charge in [0.1, 0.15) is 11.5 Å². The maximum absolute atomic E-state index is 10.9. The Morgan fingerprint density at radius 1 is 1.26 bits per heavy atom. The topological polar surface area (TPSA) is 44.8 Å². The zero-order valence-corrected chi connectivity index (χ0v) is 13.1. The smallest absolute Gasteiger partial charge is 0.189 e. The van der Waals surface area contributed by atoms with E-state index in [1.807, 2.05) is 0 Å². The van der Waals surface area contributed by atoms with Crippen LogP contribution >= 0.6 is 0 Å². The van der Waals surface area contributed by atoms with Gasteiger partial charge in [0.15, 0.2) is 13.1 Å². The van der Waals surface area contributed by atoms with E-state index in [2.05, 4.69) is 19.6 Å². The SMILES string of the molecule is COc1ccc(OCOCC[Si](C)(C)C)cc1C=O. The highest BCUT2D eigenvalue weighted by Gasteiger charge is 2.12. The number of carbonyl (C=O) groups is 1. The van der Waals surface area contributed by atoms with Gasteiger partial charge >= 0.3 is 0 Å². The first-order valence-electron chi connectivity index (χ1n) is 6.30. The maximum Gasteiger partial charge on any atom is 0.189 e. The Kier molecular flexibility index (Phi) is 6.04. The molecule has 0 aliphatic rings. The van der Waals surface area contributed by atoms with E-state index < -0.39 is 8.07 Å². The second kappa shape index (κ2) is 7.30. The van der Waals surface area contributed by atoms with Crippen LogP contribution in [0.25, 0.3) is 0 Å². The summed E-state index contributed by atoms with van der Waals surface area (Å²) in [4.78, 5) is 10.9. The van der Waals surface area contributed by atoms with Crippen LogP contribution in [-0.2, 0) is 4.74 Å². The lowest BCUT2D eigenvalue weighted by atomic mass is 10.2. The molecule has 5 heteroatoms. The number of ether oxygens (including phenoxy) is 3. The van der Waals surface area contributed by atoms with Gasteiger partial charge in [0.05, 0.1) is 12.7 Å². The second-order valence-electron chi connectivity index (χ2n) is 5.50. The first-order valence-corrected chi connectivity index (χ1v) is 10.0. The lowest BCUT2D eigenvalue weighted by Gasteiger charge is -2.15. The third kappa shape index (κ3) is 5.89. The monoisotopic (exact) mass is 282 g/mol. The molecule has 1 rings (SSSR count). The fourth-order valence-corrected chi connectivity index (χ4v) is 2.20. The second-order valence-corrected chi connectivity index (χ2v) is 11.1. The minimum Gasteiger partial charge on any atom is -0.496 e. The zero-order valence-electron chi connectivity index (χ0n) is 12.1. The highest BCUT2D eigenvalue weighted by molar-refractivity contribution is 6.76. The van der Waals surface area contributed by atoms with Gasteiger partial charge in [-0.05, 0) is 24.2 Å². The highest BCUT2D eigenvalue weighted by Crippen LogP contribution is 2.22. The van der Waals surface area contributed by atoms with E-state index in [0.29, 0.717) is 23.7 Å². The van der Waals surface area contributed by atoms with Crippen molar-refractivity contribution in [2.24, 2.45) is 0 Å². The van der Waals surface area contributed by atoms with E-state index in [9.17, 15) is 4.79 Å². The Morgan fingerprint density at radius 3 is 2.58 bits per heavy atom. The number of rotatable bonds is 8. The molecule has 19 heavy (non-hydrogen) atoms. The number of aldehydes is 1. The molecule has 0 saturated carbocycles. The Bertz CT molecular complexity index is 412. The summed E-state index contributed by atoms with van der Waals surface area (Å²) in [5, 5.41) is 0. The Balaban J connectivity index is 2.39. The van der Waals surface area contributed by atoms with Gasteiger partial charge in [-0.1, -0.05) is 19.6 Å². The van der Waals surface area contributed by atoms with Gasteiger partial charge in [-0.25, -0.2) is 0 Å². The predicted octanol–water partition coefficient (Wildman–Crippen LogP) is 3.20. The lowest BCUT2D eigenvalue weighted by molar-refractivity contribution is 0.0220. The van der Waals surface area contributed by atoms with Crippen LogP contribution in [-0.4, -0.2) is 34.9 Å². The van der Waals surface area contributed by atoms with E-state index >= 15 is 0 Å². The average molecular weight is 282 g/mol. The Hall–Kier alpha value is -1.33. The molecule has 0 spiro atoms. The van der Waals surface area contributed by atoms with Crippen LogP contribution in [0.1, 0.15) is 10.4 Å². The van der Waals surface area contributed by atoms with Gasteiger partial charge in [-0.3, -0.25) is 4.79 Å². The van der Waals surface area contributed by atoms with Crippen LogP contribution in [0.4, 0.5) is 0 Å². The Morgan fingerprint density at radius 2 is 2.00 bits per heavy atom. The molecule has 0 saturated heterocycles. The predicted molar refractivity (Wildman–Crippen MR) is 78.0 cm³/mol. The molecule has 0 radical (unpaired) electrons. The van der Waals surface area contributed by atoms with E-state index in [4.69, 9.17) is 14.2 Å². The van der Waals surface area contributed by atoms with Crippen molar-refractivity contribution in [1.82, 2.24) is 0 Å². The largest absolute Gasteiger partial charge is 0.496 e. The molecule has 0 atom stereocenters. The average Bonchev–Trinajstić information content (AvgIpc) is 2.36. The van der Waals surface area contributed by atoms with Crippen LogP contribution in [0.2, 0.25) is 25.7 Å². The van der Waals surface area contributed by atoms with Crippen molar-refractivity contribution in [1.29, 1.82) is 0 Å². The lowest BCUT2D eigenvalue weighted by Crippen LogP contribution is -2.22. The van der Waals surface area contributed by atoms with Crippen molar-refractivity contribution >= 4 is 14.4 Å². The molecular formula is C14H22O4Si. The molecule has 0 N–H and O–H groups in total. The van der Waals surface area contributed by atoms with E-state index in [0.717, 1.165) is 12.3 Å². The molecule has 0 unspecified atom stereocenters. The molecule has 0 bridgehead atoms. The molecule has 0 aliphatic heterocycles. The molecule has 0 amide bonds. The van der Waals surface area contributed by atoms with Crippen molar-refractivity contribution in [3.05, 3.63) is 23.8 Å². The third-order valence-electron chi connectivity index (χ3n) is 2.63. The van der Waals surface area contributed by atoms with E-state index in [1.54, 1.807) is 18.2 Å². The van der Waals surface area contributed by atoms with Crippen molar-refractivity contribution in [2.45, 2.75) is 25.7 Å². The minimum absolute atomic E-state index is 0.203. The molecule has 0 aromatic heterocycles. The first-order chi connectivity index (χ1) is 8.96. The molecule has 0 aliphatic carbocycles. The fourth-order valence-electron chi connectivity index (χ4n) is 1.44. The summed E-state index contributed by atoms with van der Waals surface area (Å²) < 4.78 is 15.9. The van der Waals surface area contributed by atoms with Gasteiger partial charge in [0, 0.05) is 14.7 Å². The number of hydrogen-bond acceptors (Lipinski definition) is 4. The third-order valence-corrected chi connectivity index (χ3v) is 4.34. The highest BCUT2D eigenvalue weighted by atomic mass is 28.3. The summed E-state index contributed by atoms with van der Waals surface area (Å²) in [6, 6.07) is 6.22. The molecule has 0 heterocycles. The molecular weight excluding hydrogens is 260 g/mol. The first kappa shape index (κ1) is 15.7. The summed E-state index contributed by atoms with van der Waals surface area (Å²) in [5.41, 5.74) is 0.474.